The van der Waals surface area contributed by atoms with E-state index >= 15 is 0 Å². The number of nitrogens with zero attached hydrogens (tertiary/aromatic N) is 2. The van der Waals surface area contributed by atoms with Crippen molar-refractivity contribution in [1.82, 2.24) is 4.31 Å². The first-order valence-electron chi connectivity index (χ1n) is 9.31. The van der Waals surface area contributed by atoms with Gasteiger partial charge >= 0.3 is 0 Å². The van der Waals surface area contributed by atoms with Crippen molar-refractivity contribution in [1.29, 1.82) is 0 Å². The Balaban J connectivity index is 2.50. The molecule has 6 nitrogen and oxygen atoms in total. The minimum atomic E-state index is -3.62. The van der Waals surface area contributed by atoms with E-state index in [1.54, 1.807) is 26.0 Å². The van der Waals surface area contributed by atoms with Gasteiger partial charge in [-0.2, -0.15) is 4.31 Å². The summed E-state index contributed by atoms with van der Waals surface area (Å²) in [7, 11) is 0.0794. The number of hydrogen-bond acceptors (Lipinski definition) is 4. The summed E-state index contributed by atoms with van der Waals surface area (Å²) in [5.74, 6) is -0.262. The highest BCUT2D eigenvalue weighted by molar-refractivity contribution is 7.89. The van der Waals surface area contributed by atoms with Crippen LogP contribution >= 0.6 is 0 Å². The molecule has 0 aliphatic heterocycles. The fourth-order valence-electron chi connectivity index (χ4n) is 3.05. The first-order valence-corrected chi connectivity index (χ1v) is 10.8. The number of aryl methyl sites for hydroxylation is 2. The maximum Gasteiger partial charge on any atom is 0.255 e. The second-order valence-electron chi connectivity index (χ2n) is 6.94. The number of carbonyl (C=O) groups excluding carboxylic acids is 1. The van der Waals surface area contributed by atoms with Gasteiger partial charge in [-0.3, -0.25) is 4.79 Å². The van der Waals surface area contributed by atoms with Crippen LogP contribution in [0.2, 0.25) is 0 Å². The quantitative estimate of drug-likeness (QED) is 0.766. The normalized spacial score (nSPS) is 11.5. The zero-order valence-corrected chi connectivity index (χ0v) is 18.2. The molecular weight excluding hydrogens is 374 g/mol. The summed E-state index contributed by atoms with van der Waals surface area (Å²) in [5.41, 5.74) is 3.62. The SMILES string of the molecule is CCN(CC)S(=O)(=O)c1ccc(N(C)C)c(NC(=O)c2cc(C)ccc2C)c1. The van der Waals surface area contributed by atoms with Gasteiger partial charge in [-0.15, -0.1) is 0 Å². The molecule has 0 heterocycles. The number of anilines is 2. The monoisotopic (exact) mass is 403 g/mol. The van der Waals surface area contributed by atoms with Crippen LogP contribution in [0.5, 0.6) is 0 Å². The topological polar surface area (TPSA) is 69.7 Å². The zero-order chi connectivity index (χ0) is 21.1. The summed E-state index contributed by atoms with van der Waals surface area (Å²) in [6.07, 6.45) is 0. The van der Waals surface area contributed by atoms with E-state index in [4.69, 9.17) is 0 Å². The minimum Gasteiger partial charge on any atom is -0.376 e. The standard InChI is InChI=1S/C21H29N3O3S/c1-7-24(8-2)28(26,27)17-11-12-20(23(5)6)19(14-17)22-21(25)18-13-15(3)9-10-16(18)4/h9-14H,7-8H2,1-6H3,(H,22,25). The summed E-state index contributed by atoms with van der Waals surface area (Å²) in [6, 6.07) is 10.5. The molecule has 2 rings (SSSR count). The van der Waals surface area contributed by atoms with Gasteiger partial charge in [0, 0.05) is 32.7 Å². The Hall–Kier alpha value is -2.38. The largest absolute Gasteiger partial charge is 0.376 e. The Morgan fingerprint density at radius 2 is 1.64 bits per heavy atom. The lowest BCUT2D eigenvalue weighted by Gasteiger charge is -2.22. The molecule has 0 fully saturated rings. The fraction of sp³-hybridized carbons (Fsp3) is 0.381. The van der Waals surface area contributed by atoms with E-state index in [0.717, 1.165) is 16.8 Å². The van der Waals surface area contributed by atoms with Gasteiger partial charge in [0.05, 0.1) is 16.3 Å². The van der Waals surface area contributed by atoms with Gasteiger partial charge < -0.3 is 10.2 Å². The number of carbonyl (C=O) groups is 1. The molecule has 0 atom stereocenters. The highest BCUT2D eigenvalue weighted by Gasteiger charge is 2.23. The molecule has 1 amide bonds. The molecule has 0 unspecified atom stereocenters. The molecule has 2 aromatic carbocycles. The van der Waals surface area contributed by atoms with Crippen molar-refractivity contribution < 1.29 is 13.2 Å². The Labute approximate surface area is 168 Å². The first-order chi connectivity index (χ1) is 13.1. The number of benzene rings is 2. The van der Waals surface area contributed by atoms with Crippen molar-refractivity contribution in [2.24, 2.45) is 0 Å². The van der Waals surface area contributed by atoms with Crippen LogP contribution in [0, 0.1) is 13.8 Å². The highest BCUT2D eigenvalue weighted by Crippen LogP contribution is 2.29. The predicted octanol–water partition coefficient (Wildman–Crippen LogP) is 3.65. The van der Waals surface area contributed by atoms with Gasteiger partial charge in [-0.25, -0.2) is 8.42 Å². The molecule has 0 aliphatic carbocycles. The third-order valence-corrected chi connectivity index (χ3v) is 6.72. The van der Waals surface area contributed by atoms with Crippen molar-refractivity contribution in [2.75, 3.05) is 37.4 Å². The van der Waals surface area contributed by atoms with Crippen LogP contribution in [0.1, 0.15) is 35.3 Å². The summed E-state index contributed by atoms with van der Waals surface area (Å²) in [6.45, 7) is 8.19. The Bertz CT molecular complexity index is 965. The first kappa shape index (κ1) is 21.9. The number of amides is 1. The molecule has 1 N–H and O–H groups in total. The van der Waals surface area contributed by atoms with E-state index in [1.807, 2.05) is 51.0 Å². The van der Waals surface area contributed by atoms with Gasteiger partial charge in [0.15, 0.2) is 0 Å². The van der Waals surface area contributed by atoms with Crippen molar-refractivity contribution in [3.8, 4) is 0 Å². The molecule has 0 spiro atoms. The van der Waals surface area contributed by atoms with Crippen LogP contribution in [-0.4, -0.2) is 45.8 Å². The maximum atomic E-state index is 12.9. The maximum absolute atomic E-state index is 12.9. The van der Waals surface area contributed by atoms with Crippen LogP contribution in [0.25, 0.3) is 0 Å². The van der Waals surface area contributed by atoms with E-state index in [-0.39, 0.29) is 10.8 Å². The van der Waals surface area contributed by atoms with Crippen molar-refractivity contribution >= 4 is 27.3 Å². The predicted molar refractivity (Wildman–Crippen MR) is 115 cm³/mol. The minimum absolute atomic E-state index is 0.165. The van der Waals surface area contributed by atoms with Crippen LogP contribution in [-0.2, 0) is 10.0 Å². The molecular formula is C21H29N3O3S. The fourth-order valence-corrected chi connectivity index (χ4v) is 4.53. The zero-order valence-electron chi connectivity index (χ0n) is 17.4. The molecule has 2 aromatic rings. The molecule has 7 heteroatoms. The number of sulfonamides is 1. The molecule has 152 valence electrons. The lowest BCUT2D eigenvalue weighted by molar-refractivity contribution is 0.102. The molecule has 0 saturated heterocycles. The van der Waals surface area contributed by atoms with E-state index in [2.05, 4.69) is 5.32 Å². The second kappa shape index (κ2) is 8.75. The van der Waals surface area contributed by atoms with Crippen molar-refractivity contribution in [3.63, 3.8) is 0 Å². The van der Waals surface area contributed by atoms with E-state index in [0.29, 0.717) is 24.3 Å². The van der Waals surface area contributed by atoms with Crippen molar-refractivity contribution in [2.45, 2.75) is 32.6 Å². The van der Waals surface area contributed by atoms with Gasteiger partial charge in [-0.1, -0.05) is 31.5 Å². The lowest BCUT2D eigenvalue weighted by atomic mass is 10.0. The van der Waals surface area contributed by atoms with Crippen LogP contribution in [0.15, 0.2) is 41.3 Å². The van der Waals surface area contributed by atoms with Crippen molar-refractivity contribution in [3.05, 3.63) is 53.1 Å². The molecule has 28 heavy (non-hydrogen) atoms. The average Bonchev–Trinajstić information content (AvgIpc) is 2.64. The number of hydrogen-bond donors (Lipinski definition) is 1. The van der Waals surface area contributed by atoms with Crippen LogP contribution in [0.4, 0.5) is 11.4 Å². The molecule has 0 bridgehead atoms. The highest BCUT2D eigenvalue weighted by atomic mass is 32.2. The van der Waals surface area contributed by atoms with Gasteiger partial charge in [-0.05, 0) is 43.7 Å². The third kappa shape index (κ3) is 4.54. The molecule has 0 aliphatic rings. The summed E-state index contributed by atoms with van der Waals surface area (Å²) in [4.78, 5) is 14.9. The van der Waals surface area contributed by atoms with Gasteiger partial charge in [0.2, 0.25) is 10.0 Å². The van der Waals surface area contributed by atoms with E-state index < -0.39 is 10.0 Å². The molecule has 0 saturated carbocycles. The van der Waals surface area contributed by atoms with E-state index in [9.17, 15) is 13.2 Å². The second-order valence-corrected chi connectivity index (χ2v) is 8.87. The molecule has 0 radical (unpaired) electrons. The Kier molecular flexibility index (Phi) is 6.85. The lowest BCUT2D eigenvalue weighted by Crippen LogP contribution is -2.30. The van der Waals surface area contributed by atoms with Gasteiger partial charge in [0.1, 0.15) is 0 Å². The van der Waals surface area contributed by atoms with E-state index in [1.165, 1.54) is 10.4 Å². The Morgan fingerprint density at radius 3 is 2.21 bits per heavy atom. The number of rotatable bonds is 7. The Morgan fingerprint density at radius 1 is 1.00 bits per heavy atom. The van der Waals surface area contributed by atoms with Crippen LogP contribution in [0.3, 0.4) is 0 Å². The number of nitrogens with one attached hydrogen (secondary N) is 1. The summed E-state index contributed by atoms with van der Waals surface area (Å²) >= 11 is 0. The molecule has 0 aromatic heterocycles. The van der Waals surface area contributed by atoms with Crippen LogP contribution < -0.4 is 10.2 Å². The average molecular weight is 404 g/mol. The summed E-state index contributed by atoms with van der Waals surface area (Å²) in [5, 5.41) is 2.90. The smallest absolute Gasteiger partial charge is 0.255 e. The summed E-state index contributed by atoms with van der Waals surface area (Å²) < 4.78 is 27.2. The van der Waals surface area contributed by atoms with Gasteiger partial charge in [0.25, 0.3) is 5.91 Å². The third-order valence-electron chi connectivity index (χ3n) is 4.68.